The fraction of sp³-hybridized carbons (Fsp3) is 0.440. The van der Waals surface area contributed by atoms with Crippen LogP contribution in [0.15, 0.2) is 36.4 Å². The van der Waals surface area contributed by atoms with Gasteiger partial charge >= 0.3 is 0 Å². The average molecular weight is 457 g/mol. The predicted molar refractivity (Wildman–Crippen MR) is 125 cm³/mol. The fourth-order valence-electron chi connectivity index (χ4n) is 4.23. The molecular weight excluding hydrogens is 424 g/mol. The van der Waals surface area contributed by atoms with E-state index in [-0.39, 0.29) is 23.7 Å². The third-order valence-corrected chi connectivity index (χ3v) is 6.23. The maximum Gasteiger partial charge on any atom is 0.253 e. The van der Waals surface area contributed by atoms with Gasteiger partial charge in [-0.05, 0) is 48.9 Å². The second-order valence-corrected chi connectivity index (χ2v) is 7.96. The van der Waals surface area contributed by atoms with Crippen LogP contribution in [-0.2, 0) is 4.79 Å². The highest BCUT2D eigenvalue weighted by Gasteiger charge is 2.42. The number of hydrogen-bond acceptors (Lipinski definition) is 6. The standard InChI is InChI=1S/C25H32N2O6/c1-7-26(2)25(29)20-15-27(24(28)16-8-10-18(30-3)11-9-16)14-19(20)17-12-21(31-4)23(33-6)22(13-17)32-5/h8-13,19-20H,7,14-15H2,1-6H3/t19-,20-/m0/s1. The van der Waals surface area contributed by atoms with Crippen molar-refractivity contribution in [3.63, 3.8) is 0 Å². The Bertz CT molecular complexity index is 966. The van der Waals surface area contributed by atoms with Crippen molar-refractivity contribution >= 4 is 11.8 Å². The molecule has 1 aliphatic heterocycles. The van der Waals surface area contributed by atoms with Crippen molar-refractivity contribution in [3.05, 3.63) is 47.5 Å². The van der Waals surface area contributed by atoms with Crippen molar-refractivity contribution in [1.82, 2.24) is 9.80 Å². The molecule has 1 heterocycles. The lowest BCUT2D eigenvalue weighted by Gasteiger charge is -2.24. The van der Waals surface area contributed by atoms with Crippen LogP contribution in [0.3, 0.4) is 0 Å². The molecule has 0 bridgehead atoms. The number of nitrogens with zero attached hydrogens (tertiary/aromatic N) is 2. The first-order valence-electron chi connectivity index (χ1n) is 10.9. The van der Waals surface area contributed by atoms with Crippen molar-refractivity contribution in [2.45, 2.75) is 12.8 Å². The summed E-state index contributed by atoms with van der Waals surface area (Å²) in [4.78, 5) is 30.0. The fourth-order valence-corrected chi connectivity index (χ4v) is 4.23. The van der Waals surface area contributed by atoms with Gasteiger partial charge in [0.15, 0.2) is 11.5 Å². The molecule has 0 saturated carbocycles. The van der Waals surface area contributed by atoms with Crippen LogP contribution in [0.5, 0.6) is 23.0 Å². The lowest BCUT2D eigenvalue weighted by atomic mass is 9.87. The summed E-state index contributed by atoms with van der Waals surface area (Å²) in [5.41, 5.74) is 1.41. The normalized spacial score (nSPS) is 17.5. The Morgan fingerprint density at radius 1 is 0.939 bits per heavy atom. The molecule has 33 heavy (non-hydrogen) atoms. The topological polar surface area (TPSA) is 77.5 Å². The molecule has 1 aliphatic rings. The van der Waals surface area contributed by atoms with Gasteiger partial charge in [-0.2, -0.15) is 0 Å². The Kier molecular flexibility index (Phi) is 7.68. The number of methoxy groups -OCH3 is 4. The van der Waals surface area contributed by atoms with Crippen LogP contribution in [0, 0.1) is 5.92 Å². The molecule has 8 nitrogen and oxygen atoms in total. The van der Waals surface area contributed by atoms with Crippen LogP contribution < -0.4 is 18.9 Å². The zero-order valence-electron chi connectivity index (χ0n) is 20.1. The highest BCUT2D eigenvalue weighted by molar-refractivity contribution is 5.95. The van der Waals surface area contributed by atoms with Crippen LogP contribution in [0.25, 0.3) is 0 Å². The highest BCUT2D eigenvalue weighted by atomic mass is 16.5. The molecule has 0 N–H and O–H groups in total. The Morgan fingerprint density at radius 2 is 1.55 bits per heavy atom. The molecule has 3 rings (SSSR count). The monoisotopic (exact) mass is 456 g/mol. The van der Waals surface area contributed by atoms with Gasteiger partial charge in [-0.15, -0.1) is 0 Å². The minimum Gasteiger partial charge on any atom is -0.497 e. The van der Waals surface area contributed by atoms with Gasteiger partial charge in [-0.1, -0.05) is 0 Å². The molecule has 2 atom stereocenters. The predicted octanol–water partition coefficient (Wildman–Crippen LogP) is 3.06. The summed E-state index contributed by atoms with van der Waals surface area (Å²) in [6, 6.07) is 10.7. The number of ether oxygens (including phenoxy) is 4. The first kappa shape index (κ1) is 24.2. The molecule has 0 spiro atoms. The SMILES string of the molecule is CCN(C)C(=O)[C@H]1CN(C(=O)c2ccc(OC)cc2)C[C@H]1c1cc(OC)c(OC)c(OC)c1. The molecule has 0 aliphatic carbocycles. The van der Waals surface area contributed by atoms with Crippen LogP contribution in [-0.4, -0.2) is 76.7 Å². The number of carbonyl (C=O) groups excluding carboxylic acids is 2. The molecule has 2 aromatic rings. The lowest BCUT2D eigenvalue weighted by molar-refractivity contribution is -0.133. The van der Waals surface area contributed by atoms with E-state index < -0.39 is 0 Å². The van der Waals surface area contributed by atoms with Gasteiger partial charge < -0.3 is 28.7 Å². The van der Waals surface area contributed by atoms with E-state index in [0.717, 1.165) is 5.56 Å². The minimum atomic E-state index is -0.389. The Morgan fingerprint density at radius 3 is 2.03 bits per heavy atom. The summed E-state index contributed by atoms with van der Waals surface area (Å²) in [5, 5.41) is 0. The minimum absolute atomic E-state index is 0.00119. The first-order chi connectivity index (χ1) is 15.9. The Balaban J connectivity index is 1.99. The molecule has 0 unspecified atom stereocenters. The van der Waals surface area contributed by atoms with E-state index in [1.807, 2.05) is 19.1 Å². The largest absolute Gasteiger partial charge is 0.497 e. The van der Waals surface area contributed by atoms with Gasteiger partial charge in [0.05, 0.1) is 34.4 Å². The van der Waals surface area contributed by atoms with Gasteiger partial charge in [0.25, 0.3) is 5.91 Å². The van der Waals surface area contributed by atoms with Crippen LogP contribution in [0.4, 0.5) is 0 Å². The quantitative estimate of drug-likeness (QED) is 0.608. The second-order valence-electron chi connectivity index (χ2n) is 7.96. The molecule has 2 aromatic carbocycles. The van der Waals surface area contributed by atoms with Crippen molar-refractivity contribution in [2.75, 3.05) is 55.1 Å². The second kappa shape index (κ2) is 10.5. The van der Waals surface area contributed by atoms with Crippen molar-refractivity contribution in [2.24, 2.45) is 5.92 Å². The van der Waals surface area contributed by atoms with Crippen LogP contribution in [0.2, 0.25) is 0 Å². The molecule has 0 radical (unpaired) electrons. The van der Waals surface area contributed by atoms with E-state index >= 15 is 0 Å². The highest BCUT2D eigenvalue weighted by Crippen LogP contribution is 2.43. The maximum atomic E-state index is 13.3. The zero-order valence-corrected chi connectivity index (χ0v) is 20.1. The summed E-state index contributed by atoms with van der Waals surface area (Å²) < 4.78 is 21.7. The number of carbonyl (C=O) groups is 2. The van der Waals surface area contributed by atoms with Gasteiger partial charge in [0, 0.05) is 38.2 Å². The third-order valence-electron chi connectivity index (χ3n) is 6.23. The molecule has 0 aromatic heterocycles. The van der Waals surface area contributed by atoms with Gasteiger partial charge in [-0.25, -0.2) is 0 Å². The first-order valence-corrected chi connectivity index (χ1v) is 10.9. The number of benzene rings is 2. The van der Waals surface area contributed by atoms with E-state index in [0.29, 0.717) is 48.2 Å². The summed E-state index contributed by atoms with van der Waals surface area (Å²) >= 11 is 0. The van der Waals surface area contributed by atoms with Crippen LogP contribution in [0.1, 0.15) is 28.8 Å². The molecule has 1 saturated heterocycles. The molecule has 178 valence electrons. The van der Waals surface area contributed by atoms with Crippen LogP contribution >= 0.6 is 0 Å². The Labute approximate surface area is 195 Å². The van der Waals surface area contributed by atoms with E-state index in [1.165, 1.54) is 0 Å². The van der Waals surface area contributed by atoms with E-state index in [1.54, 1.807) is 69.6 Å². The van der Waals surface area contributed by atoms with Crippen molar-refractivity contribution in [3.8, 4) is 23.0 Å². The summed E-state index contributed by atoms with van der Waals surface area (Å²) in [5.74, 6) is 1.47. The van der Waals surface area contributed by atoms with E-state index in [9.17, 15) is 9.59 Å². The van der Waals surface area contributed by atoms with Crippen molar-refractivity contribution in [1.29, 1.82) is 0 Å². The van der Waals surface area contributed by atoms with E-state index in [4.69, 9.17) is 18.9 Å². The number of amides is 2. The third kappa shape index (κ3) is 4.84. The van der Waals surface area contributed by atoms with Gasteiger partial charge in [0.1, 0.15) is 5.75 Å². The molecule has 2 amide bonds. The van der Waals surface area contributed by atoms with Gasteiger partial charge in [-0.3, -0.25) is 9.59 Å². The zero-order chi connectivity index (χ0) is 24.1. The van der Waals surface area contributed by atoms with E-state index in [2.05, 4.69) is 0 Å². The molecular formula is C25H32N2O6. The van der Waals surface area contributed by atoms with Gasteiger partial charge in [0.2, 0.25) is 11.7 Å². The summed E-state index contributed by atoms with van der Waals surface area (Å²) in [6.45, 7) is 3.25. The number of hydrogen-bond donors (Lipinski definition) is 0. The number of likely N-dealkylation sites (tertiary alicyclic amines) is 1. The average Bonchev–Trinajstić information content (AvgIpc) is 3.31. The Hall–Kier alpha value is -3.42. The summed E-state index contributed by atoms with van der Waals surface area (Å²) in [7, 11) is 8.03. The van der Waals surface area contributed by atoms with Crippen molar-refractivity contribution < 1.29 is 28.5 Å². The number of rotatable bonds is 8. The summed E-state index contributed by atoms with van der Waals surface area (Å²) in [6.07, 6.45) is 0. The maximum absolute atomic E-state index is 13.3. The molecule has 8 heteroatoms. The smallest absolute Gasteiger partial charge is 0.253 e. The molecule has 1 fully saturated rings. The lowest BCUT2D eigenvalue weighted by Crippen LogP contribution is -2.36.